The molecule has 0 fully saturated rings. The maximum atomic E-state index is 12.2. The summed E-state index contributed by atoms with van der Waals surface area (Å²) < 4.78 is 5.27. The fourth-order valence-electron chi connectivity index (χ4n) is 2.10. The van der Waals surface area contributed by atoms with Gasteiger partial charge in [0.1, 0.15) is 16.5 Å². The second kappa shape index (κ2) is 7.02. The molecule has 0 aliphatic carbocycles. The Kier molecular flexibility index (Phi) is 4.63. The number of aromatic nitrogens is 2. The van der Waals surface area contributed by atoms with Gasteiger partial charge in [0.05, 0.1) is 12.8 Å². The fourth-order valence-corrected chi connectivity index (χ4v) is 2.88. The number of carbonyl (C=O) groups excluding carboxylic acids is 1. The van der Waals surface area contributed by atoms with Gasteiger partial charge < -0.3 is 10.1 Å². The van der Waals surface area contributed by atoms with Gasteiger partial charge in [0, 0.05) is 23.7 Å². The Bertz CT molecular complexity index is 802. The lowest BCUT2D eigenvalue weighted by Crippen LogP contribution is -2.23. The number of hydrogen-bond donors (Lipinski definition) is 1. The fraction of sp³-hybridized carbons (Fsp3) is 0.118. The molecule has 1 N–H and O–H groups in total. The third kappa shape index (κ3) is 3.54. The van der Waals surface area contributed by atoms with Gasteiger partial charge in [0.15, 0.2) is 0 Å². The number of hydrogen-bond acceptors (Lipinski definition) is 5. The van der Waals surface area contributed by atoms with Gasteiger partial charge >= 0.3 is 0 Å². The van der Waals surface area contributed by atoms with Gasteiger partial charge in [-0.15, -0.1) is 11.3 Å². The molecule has 1 amide bonds. The molecule has 0 spiro atoms. The molecule has 0 aliphatic rings. The van der Waals surface area contributed by atoms with E-state index >= 15 is 0 Å². The summed E-state index contributed by atoms with van der Waals surface area (Å²) in [6.45, 7) is 0.388. The summed E-state index contributed by atoms with van der Waals surface area (Å²) in [6, 6.07) is 13.2. The van der Waals surface area contributed by atoms with Crippen LogP contribution in [0.3, 0.4) is 0 Å². The molecule has 0 saturated carbocycles. The smallest absolute Gasteiger partial charge is 0.271 e. The van der Waals surface area contributed by atoms with Gasteiger partial charge in [-0.2, -0.15) is 0 Å². The van der Waals surface area contributed by atoms with E-state index in [1.54, 1.807) is 18.7 Å². The lowest BCUT2D eigenvalue weighted by molar-refractivity contribution is 0.0946. The zero-order valence-corrected chi connectivity index (χ0v) is 13.3. The molecule has 6 heteroatoms. The van der Waals surface area contributed by atoms with Crippen LogP contribution in [0.2, 0.25) is 0 Å². The zero-order valence-electron chi connectivity index (χ0n) is 12.5. The maximum absolute atomic E-state index is 12.2. The number of nitrogens with one attached hydrogen (secondary N) is 1. The highest BCUT2D eigenvalue weighted by Crippen LogP contribution is 2.21. The van der Waals surface area contributed by atoms with Crippen LogP contribution in [0, 0.1) is 0 Å². The summed E-state index contributed by atoms with van der Waals surface area (Å²) in [6.07, 6.45) is 1.71. The first-order chi connectivity index (χ1) is 11.3. The lowest BCUT2D eigenvalue weighted by Gasteiger charge is -2.08. The molecule has 3 rings (SSSR count). The monoisotopic (exact) mass is 325 g/mol. The molecule has 0 unspecified atom stereocenters. The number of para-hydroxylation sites is 1. The Morgan fingerprint density at radius 2 is 2.04 bits per heavy atom. The van der Waals surface area contributed by atoms with Crippen molar-refractivity contribution in [1.82, 2.24) is 15.3 Å². The van der Waals surface area contributed by atoms with E-state index in [0.29, 0.717) is 12.2 Å². The topological polar surface area (TPSA) is 64.1 Å². The van der Waals surface area contributed by atoms with Gasteiger partial charge in [0.2, 0.25) is 0 Å². The quantitative estimate of drug-likeness (QED) is 0.783. The molecule has 3 aromatic rings. The Morgan fingerprint density at radius 1 is 1.22 bits per heavy atom. The number of amides is 1. The van der Waals surface area contributed by atoms with Crippen LogP contribution in [0.15, 0.2) is 54.0 Å². The number of carbonyl (C=O) groups is 1. The molecule has 2 heterocycles. The summed E-state index contributed by atoms with van der Waals surface area (Å²) in [7, 11) is 1.61. The zero-order chi connectivity index (χ0) is 16.1. The van der Waals surface area contributed by atoms with Crippen LogP contribution in [0.1, 0.15) is 16.1 Å². The van der Waals surface area contributed by atoms with Crippen molar-refractivity contribution >= 4 is 17.2 Å². The van der Waals surface area contributed by atoms with Crippen LogP contribution in [-0.2, 0) is 6.54 Å². The van der Waals surface area contributed by atoms with Crippen molar-refractivity contribution in [3.8, 4) is 16.5 Å². The predicted molar refractivity (Wildman–Crippen MR) is 89.5 cm³/mol. The summed E-state index contributed by atoms with van der Waals surface area (Å²) in [4.78, 5) is 20.8. The Balaban J connectivity index is 1.68. The van der Waals surface area contributed by atoms with E-state index < -0.39 is 0 Å². The minimum atomic E-state index is -0.214. The van der Waals surface area contributed by atoms with E-state index in [1.165, 1.54) is 11.3 Å². The van der Waals surface area contributed by atoms with Crippen molar-refractivity contribution in [3.05, 3.63) is 65.3 Å². The van der Waals surface area contributed by atoms with E-state index in [0.717, 1.165) is 22.0 Å². The first kappa shape index (κ1) is 15.2. The van der Waals surface area contributed by atoms with Crippen molar-refractivity contribution in [2.45, 2.75) is 6.54 Å². The Hall–Kier alpha value is -2.73. The van der Waals surface area contributed by atoms with Crippen LogP contribution >= 0.6 is 11.3 Å². The average molecular weight is 325 g/mol. The lowest BCUT2D eigenvalue weighted by atomic mass is 10.2. The van der Waals surface area contributed by atoms with Crippen molar-refractivity contribution < 1.29 is 9.53 Å². The average Bonchev–Trinajstić information content (AvgIpc) is 3.11. The van der Waals surface area contributed by atoms with E-state index in [1.807, 2.05) is 42.5 Å². The van der Waals surface area contributed by atoms with Crippen molar-refractivity contribution in [1.29, 1.82) is 0 Å². The molecule has 0 aliphatic heterocycles. The van der Waals surface area contributed by atoms with Gasteiger partial charge in [-0.05, 0) is 18.2 Å². The normalized spacial score (nSPS) is 10.3. The summed E-state index contributed by atoms with van der Waals surface area (Å²) in [5.41, 5.74) is 2.08. The minimum Gasteiger partial charge on any atom is -0.496 e. The molecule has 5 nitrogen and oxygen atoms in total. The highest BCUT2D eigenvalue weighted by atomic mass is 32.1. The van der Waals surface area contributed by atoms with Crippen LogP contribution in [0.4, 0.5) is 0 Å². The molecular formula is C17H15N3O2S. The highest BCUT2D eigenvalue weighted by Gasteiger charge is 2.13. The third-order valence-corrected chi connectivity index (χ3v) is 4.12. The molecule has 0 saturated heterocycles. The van der Waals surface area contributed by atoms with Gasteiger partial charge in [-0.1, -0.05) is 24.3 Å². The molecule has 0 bridgehead atoms. The first-order valence-electron chi connectivity index (χ1n) is 7.05. The number of ether oxygens (including phenoxy) is 1. The molecule has 23 heavy (non-hydrogen) atoms. The van der Waals surface area contributed by atoms with E-state index in [2.05, 4.69) is 15.3 Å². The van der Waals surface area contributed by atoms with Crippen LogP contribution in [0.5, 0.6) is 5.75 Å². The van der Waals surface area contributed by atoms with Gasteiger partial charge in [0.25, 0.3) is 5.91 Å². The SMILES string of the molecule is COc1ccccc1CNC(=O)c1csc(-c2ccccn2)n1. The van der Waals surface area contributed by atoms with Gasteiger partial charge in [-0.3, -0.25) is 9.78 Å². The Morgan fingerprint density at radius 3 is 2.83 bits per heavy atom. The van der Waals surface area contributed by atoms with E-state index in [-0.39, 0.29) is 5.91 Å². The third-order valence-electron chi connectivity index (χ3n) is 3.25. The summed E-state index contributed by atoms with van der Waals surface area (Å²) in [5, 5.41) is 5.33. The van der Waals surface area contributed by atoms with Crippen molar-refractivity contribution in [2.24, 2.45) is 0 Å². The molecule has 1 aromatic carbocycles. The second-order valence-corrected chi connectivity index (χ2v) is 5.61. The standard InChI is InChI=1S/C17H15N3O2S/c1-22-15-8-3-2-6-12(15)10-19-16(21)14-11-23-17(20-14)13-7-4-5-9-18-13/h2-9,11H,10H2,1H3,(H,19,21). The molecule has 2 aromatic heterocycles. The largest absolute Gasteiger partial charge is 0.496 e. The first-order valence-corrected chi connectivity index (χ1v) is 7.93. The van der Waals surface area contributed by atoms with E-state index in [9.17, 15) is 4.79 Å². The van der Waals surface area contributed by atoms with Crippen molar-refractivity contribution in [2.75, 3.05) is 7.11 Å². The number of rotatable bonds is 5. The molecule has 0 radical (unpaired) electrons. The van der Waals surface area contributed by atoms with Crippen LogP contribution < -0.4 is 10.1 Å². The van der Waals surface area contributed by atoms with E-state index in [4.69, 9.17) is 4.74 Å². The maximum Gasteiger partial charge on any atom is 0.271 e. The number of pyridine rings is 1. The summed E-state index contributed by atoms with van der Waals surface area (Å²) >= 11 is 1.40. The molecular weight excluding hydrogens is 310 g/mol. The number of thiazole rings is 1. The van der Waals surface area contributed by atoms with Crippen LogP contribution in [0.25, 0.3) is 10.7 Å². The highest BCUT2D eigenvalue weighted by molar-refractivity contribution is 7.13. The number of benzene rings is 1. The van der Waals surface area contributed by atoms with Crippen LogP contribution in [-0.4, -0.2) is 23.0 Å². The van der Waals surface area contributed by atoms with Gasteiger partial charge in [-0.25, -0.2) is 4.98 Å². The Labute approximate surface area is 138 Å². The summed E-state index contributed by atoms with van der Waals surface area (Å²) in [5.74, 6) is 0.537. The second-order valence-electron chi connectivity index (χ2n) is 4.75. The number of nitrogens with zero attached hydrogens (tertiary/aromatic N) is 2. The molecule has 0 atom stereocenters. The van der Waals surface area contributed by atoms with Crippen molar-refractivity contribution in [3.63, 3.8) is 0 Å². The predicted octanol–water partition coefficient (Wildman–Crippen LogP) is 3.14. The number of methoxy groups -OCH3 is 1. The molecule has 116 valence electrons. The minimum absolute atomic E-state index is 0.214.